The molecule has 0 bridgehead atoms. The first-order valence-electron chi connectivity index (χ1n) is 7.80. The van der Waals surface area contributed by atoms with Crippen molar-refractivity contribution in [3.63, 3.8) is 0 Å². The summed E-state index contributed by atoms with van der Waals surface area (Å²) in [6.45, 7) is 2.08. The van der Waals surface area contributed by atoms with Gasteiger partial charge in [0.15, 0.2) is 5.84 Å². The van der Waals surface area contributed by atoms with Gasteiger partial charge in [-0.25, -0.2) is 4.99 Å². The Morgan fingerprint density at radius 2 is 1.62 bits per heavy atom. The van der Waals surface area contributed by atoms with Gasteiger partial charge in [-0.1, -0.05) is 42.0 Å². The Hall–Kier alpha value is -3.27. The van der Waals surface area contributed by atoms with Crippen LogP contribution in [-0.2, 0) is 0 Å². The fourth-order valence-corrected chi connectivity index (χ4v) is 2.71. The number of nitrogens with zero attached hydrogens (tertiary/aromatic N) is 3. The molecule has 1 aliphatic rings. The van der Waals surface area contributed by atoms with E-state index in [9.17, 15) is 0 Å². The molecule has 4 rings (SSSR count). The van der Waals surface area contributed by atoms with Gasteiger partial charge in [0.2, 0.25) is 0 Å². The molecular weight excluding hydrogens is 296 g/mol. The van der Waals surface area contributed by atoms with Crippen LogP contribution in [0.5, 0.6) is 0 Å². The Morgan fingerprint density at radius 3 is 2.42 bits per heavy atom. The molecule has 0 fully saturated rings. The van der Waals surface area contributed by atoms with Gasteiger partial charge < -0.3 is 0 Å². The maximum atomic E-state index is 4.79. The molecule has 0 radical (unpaired) electrons. The number of aromatic nitrogens is 1. The van der Waals surface area contributed by atoms with Crippen molar-refractivity contribution in [1.29, 1.82) is 0 Å². The molecule has 0 atom stereocenters. The second-order valence-electron chi connectivity index (χ2n) is 5.66. The minimum Gasteiger partial charge on any atom is -0.265 e. The van der Waals surface area contributed by atoms with Crippen molar-refractivity contribution in [1.82, 2.24) is 10.4 Å². The molecule has 4 heteroatoms. The van der Waals surface area contributed by atoms with E-state index in [1.807, 2.05) is 36.4 Å². The number of fused-ring (bicyclic) bond motifs is 1. The molecule has 1 N–H and O–H groups in total. The van der Waals surface area contributed by atoms with E-state index < -0.39 is 0 Å². The van der Waals surface area contributed by atoms with E-state index in [0.29, 0.717) is 5.84 Å². The van der Waals surface area contributed by atoms with E-state index in [2.05, 4.69) is 46.7 Å². The molecule has 2 aromatic carbocycles. The SMILES string of the molecule is Cc1ccc2c(c1)C(c1ccccc1)=NNC(c1ccncc1)=N2. The van der Waals surface area contributed by atoms with Crippen LogP contribution in [-0.4, -0.2) is 16.5 Å². The maximum Gasteiger partial charge on any atom is 0.154 e. The number of nitrogens with one attached hydrogen (secondary N) is 1. The van der Waals surface area contributed by atoms with E-state index in [-0.39, 0.29) is 0 Å². The molecule has 1 aromatic heterocycles. The number of pyridine rings is 1. The molecule has 0 amide bonds. The van der Waals surface area contributed by atoms with Gasteiger partial charge in [-0.15, -0.1) is 0 Å². The summed E-state index contributed by atoms with van der Waals surface area (Å²) in [6.07, 6.45) is 3.50. The van der Waals surface area contributed by atoms with Crippen LogP contribution >= 0.6 is 0 Å². The first-order chi connectivity index (χ1) is 11.8. The zero-order chi connectivity index (χ0) is 16.4. The lowest BCUT2D eigenvalue weighted by atomic mass is 9.99. The molecule has 0 aliphatic carbocycles. The summed E-state index contributed by atoms with van der Waals surface area (Å²) < 4.78 is 0. The molecule has 0 saturated heterocycles. The summed E-state index contributed by atoms with van der Waals surface area (Å²) >= 11 is 0. The standard InChI is InChI=1S/C20H16N4/c1-14-7-8-18-17(13-14)19(15-5-3-2-4-6-15)23-24-20(22-18)16-9-11-21-12-10-16/h2-13H,1H3,(H,22,24). The fraction of sp³-hybridized carbons (Fsp3) is 0.0500. The van der Waals surface area contributed by atoms with E-state index in [4.69, 9.17) is 4.99 Å². The van der Waals surface area contributed by atoms with Crippen molar-refractivity contribution in [3.05, 3.63) is 95.3 Å². The summed E-state index contributed by atoms with van der Waals surface area (Å²) in [5.41, 5.74) is 9.13. The average Bonchev–Trinajstić information content (AvgIpc) is 2.82. The second kappa shape index (κ2) is 6.08. The Morgan fingerprint density at radius 1 is 0.833 bits per heavy atom. The smallest absolute Gasteiger partial charge is 0.154 e. The lowest BCUT2D eigenvalue weighted by Crippen LogP contribution is -2.19. The number of aliphatic imine (C=N–C) groups is 1. The zero-order valence-electron chi connectivity index (χ0n) is 13.3. The van der Waals surface area contributed by atoms with Crippen molar-refractivity contribution >= 4 is 17.2 Å². The van der Waals surface area contributed by atoms with Gasteiger partial charge in [0.25, 0.3) is 0 Å². The summed E-state index contributed by atoms with van der Waals surface area (Å²) in [5, 5.41) is 4.65. The van der Waals surface area contributed by atoms with Crippen LogP contribution in [0, 0.1) is 6.92 Å². The third kappa shape index (κ3) is 2.70. The number of hydrazone groups is 1. The molecule has 4 nitrogen and oxygen atoms in total. The summed E-state index contributed by atoms with van der Waals surface area (Å²) in [7, 11) is 0. The highest BCUT2D eigenvalue weighted by molar-refractivity contribution is 6.18. The third-order valence-electron chi connectivity index (χ3n) is 3.91. The van der Waals surface area contributed by atoms with E-state index >= 15 is 0 Å². The normalized spacial score (nSPS) is 13.2. The van der Waals surface area contributed by atoms with Gasteiger partial charge in [-0.05, 0) is 31.2 Å². The fourth-order valence-electron chi connectivity index (χ4n) is 2.71. The van der Waals surface area contributed by atoms with E-state index in [0.717, 1.165) is 28.1 Å². The van der Waals surface area contributed by atoms with E-state index in [1.54, 1.807) is 12.4 Å². The molecule has 0 saturated carbocycles. The summed E-state index contributed by atoms with van der Waals surface area (Å²) in [5.74, 6) is 0.716. The molecule has 24 heavy (non-hydrogen) atoms. The number of hydrogen-bond acceptors (Lipinski definition) is 4. The Kier molecular flexibility index (Phi) is 3.63. The topological polar surface area (TPSA) is 49.6 Å². The Labute approximate surface area is 140 Å². The first kappa shape index (κ1) is 14.3. The highest BCUT2D eigenvalue weighted by atomic mass is 15.3. The number of aryl methyl sites for hydroxylation is 1. The number of amidine groups is 1. The monoisotopic (exact) mass is 312 g/mol. The third-order valence-corrected chi connectivity index (χ3v) is 3.91. The first-order valence-corrected chi connectivity index (χ1v) is 7.80. The van der Waals surface area contributed by atoms with Crippen LogP contribution < -0.4 is 5.43 Å². The van der Waals surface area contributed by atoms with Gasteiger partial charge in [0.05, 0.1) is 11.4 Å². The largest absolute Gasteiger partial charge is 0.265 e. The Balaban J connectivity index is 1.89. The molecule has 1 aliphatic heterocycles. The van der Waals surface area contributed by atoms with Gasteiger partial charge in [-0.3, -0.25) is 10.4 Å². The van der Waals surface area contributed by atoms with Crippen molar-refractivity contribution in [2.75, 3.05) is 0 Å². The van der Waals surface area contributed by atoms with Crippen LogP contribution in [0.15, 0.2) is 83.2 Å². The highest BCUT2D eigenvalue weighted by Crippen LogP contribution is 2.26. The van der Waals surface area contributed by atoms with Gasteiger partial charge in [0.1, 0.15) is 0 Å². The predicted molar refractivity (Wildman–Crippen MR) is 96.8 cm³/mol. The van der Waals surface area contributed by atoms with Crippen molar-refractivity contribution < 1.29 is 0 Å². The number of benzene rings is 2. The lowest BCUT2D eigenvalue weighted by molar-refractivity contribution is 1.03. The van der Waals surface area contributed by atoms with Crippen LogP contribution in [0.3, 0.4) is 0 Å². The summed E-state index contributed by atoms with van der Waals surface area (Å²) in [6, 6.07) is 20.2. The minimum atomic E-state index is 0.716. The molecule has 0 spiro atoms. The highest BCUT2D eigenvalue weighted by Gasteiger charge is 2.17. The van der Waals surface area contributed by atoms with E-state index in [1.165, 1.54) is 5.56 Å². The van der Waals surface area contributed by atoms with Gasteiger partial charge in [0, 0.05) is 29.1 Å². The predicted octanol–water partition coefficient (Wildman–Crippen LogP) is 3.82. The minimum absolute atomic E-state index is 0.716. The maximum absolute atomic E-state index is 4.79. The van der Waals surface area contributed by atoms with Crippen LogP contribution in [0.4, 0.5) is 5.69 Å². The van der Waals surface area contributed by atoms with Crippen molar-refractivity contribution in [2.45, 2.75) is 6.92 Å². The molecule has 2 heterocycles. The van der Waals surface area contributed by atoms with Crippen molar-refractivity contribution in [2.24, 2.45) is 10.1 Å². The second-order valence-corrected chi connectivity index (χ2v) is 5.66. The molecule has 116 valence electrons. The van der Waals surface area contributed by atoms with Gasteiger partial charge >= 0.3 is 0 Å². The molecule has 0 unspecified atom stereocenters. The summed E-state index contributed by atoms with van der Waals surface area (Å²) in [4.78, 5) is 8.85. The quantitative estimate of drug-likeness (QED) is 0.782. The molecular formula is C20H16N4. The zero-order valence-corrected chi connectivity index (χ0v) is 13.3. The van der Waals surface area contributed by atoms with Crippen LogP contribution in [0.1, 0.15) is 22.3 Å². The Bertz CT molecular complexity index is 928. The number of hydrogen-bond donors (Lipinski definition) is 1. The van der Waals surface area contributed by atoms with Gasteiger partial charge in [-0.2, -0.15) is 5.10 Å². The average molecular weight is 312 g/mol. The molecule has 3 aromatic rings. The lowest BCUT2D eigenvalue weighted by Gasteiger charge is -2.08. The number of rotatable bonds is 2. The van der Waals surface area contributed by atoms with Crippen LogP contribution in [0.25, 0.3) is 0 Å². The van der Waals surface area contributed by atoms with Crippen molar-refractivity contribution in [3.8, 4) is 0 Å². The van der Waals surface area contributed by atoms with Crippen LogP contribution in [0.2, 0.25) is 0 Å².